The van der Waals surface area contributed by atoms with Crippen LogP contribution in [-0.4, -0.2) is 37.0 Å². The molecule has 0 aliphatic rings. The molecule has 1 aromatic carbocycles. The van der Waals surface area contributed by atoms with Crippen LogP contribution in [0.5, 0.6) is 5.75 Å². The van der Waals surface area contributed by atoms with Gasteiger partial charge in [0.1, 0.15) is 11.9 Å². The Morgan fingerprint density at radius 2 is 2.12 bits per heavy atom. The molecule has 0 amide bonds. The van der Waals surface area contributed by atoms with E-state index in [2.05, 4.69) is 5.32 Å². The molecular weight excluding hydrogens is 230 g/mol. The van der Waals surface area contributed by atoms with E-state index in [-0.39, 0.29) is 6.54 Å². The number of methoxy groups -OCH3 is 1. The number of likely N-dealkylation sites (N-methyl/N-ethyl adjacent to an activating group) is 1. The Hall–Kier alpha value is -0.810. The Balaban J connectivity index is 3.01. The van der Waals surface area contributed by atoms with Crippen molar-refractivity contribution in [2.45, 2.75) is 12.2 Å². The van der Waals surface area contributed by atoms with Crippen molar-refractivity contribution in [3.8, 4) is 5.75 Å². The molecule has 0 radical (unpaired) electrons. The normalized spacial score (nSPS) is 14.6. The standard InChI is InChI=1S/C11H16ClNO3/c1-13-6-8(14)11(15)10-7(12)4-3-5-9(10)16-2/h3-5,8,11,13-15H,6H2,1-2H3. The largest absolute Gasteiger partial charge is 0.496 e. The van der Waals surface area contributed by atoms with Crippen molar-refractivity contribution in [3.63, 3.8) is 0 Å². The van der Waals surface area contributed by atoms with Crippen LogP contribution in [-0.2, 0) is 0 Å². The highest BCUT2D eigenvalue weighted by Gasteiger charge is 2.23. The summed E-state index contributed by atoms with van der Waals surface area (Å²) >= 11 is 5.98. The van der Waals surface area contributed by atoms with Crippen molar-refractivity contribution in [2.75, 3.05) is 20.7 Å². The minimum atomic E-state index is -1.07. The Morgan fingerprint density at radius 1 is 1.44 bits per heavy atom. The molecule has 0 spiro atoms. The number of halogens is 1. The van der Waals surface area contributed by atoms with Gasteiger partial charge in [-0.1, -0.05) is 17.7 Å². The van der Waals surface area contributed by atoms with Crippen LogP contribution >= 0.6 is 11.6 Å². The van der Waals surface area contributed by atoms with Gasteiger partial charge in [-0.15, -0.1) is 0 Å². The quantitative estimate of drug-likeness (QED) is 0.723. The molecule has 0 aliphatic heterocycles. The molecule has 0 saturated carbocycles. The van der Waals surface area contributed by atoms with Crippen molar-refractivity contribution >= 4 is 11.6 Å². The van der Waals surface area contributed by atoms with Crippen molar-refractivity contribution in [3.05, 3.63) is 28.8 Å². The molecule has 5 heteroatoms. The number of hydrogen-bond donors (Lipinski definition) is 3. The minimum absolute atomic E-state index is 0.273. The van der Waals surface area contributed by atoms with E-state index in [9.17, 15) is 10.2 Å². The van der Waals surface area contributed by atoms with Crippen molar-refractivity contribution < 1.29 is 14.9 Å². The molecule has 0 fully saturated rings. The Labute approximate surface area is 99.8 Å². The summed E-state index contributed by atoms with van der Waals surface area (Å²) in [7, 11) is 3.19. The average Bonchev–Trinajstić information content (AvgIpc) is 2.28. The van der Waals surface area contributed by atoms with E-state index < -0.39 is 12.2 Å². The molecular formula is C11H16ClNO3. The lowest BCUT2D eigenvalue weighted by atomic mass is 10.0. The lowest BCUT2D eigenvalue weighted by Crippen LogP contribution is -2.30. The third-order valence-corrected chi connectivity index (χ3v) is 2.64. The van der Waals surface area contributed by atoms with E-state index in [4.69, 9.17) is 16.3 Å². The Kier molecular flexibility index (Phi) is 5.02. The van der Waals surface area contributed by atoms with Gasteiger partial charge in [0.2, 0.25) is 0 Å². The molecule has 0 bridgehead atoms. The summed E-state index contributed by atoms with van der Waals surface area (Å²) < 4.78 is 5.10. The number of hydrogen-bond acceptors (Lipinski definition) is 4. The van der Waals surface area contributed by atoms with Gasteiger partial charge in [-0.05, 0) is 19.2 Å². The number of aliphatic hydroxyl groups excluding tert-OH is 2. The van der Waals surface area contributed by atoms with Gasteiger partial charge in [0, 0.05) is 12.1 Å². The highest BCUT2D eigenvalue weighted by Crippen LogP contribution is 2.33. The van der Waals surface area contributed by atoms with E-state index in [1.165, 1.54) is 7.11 Å². The second-order valence-corrected chi connectivity index (χ2v) is 3.83. The van der Waals surface area contributed by atoms with Gasteiger partial charge in [0.05, 0.1) is 18.2 Å². The summed E-state index contributed by atoms with van der Waals surface area (Å²) in [6.07, 6.45) is -2.00. The van der Waals surface area contributed by atoms with Gasteiger partial charge in [0.15, 0.2) is 0 Å². The third kappa shape index (κ3) is 2.86. The predicted molar refractivity (Wildman–Crippen MR) is 62.9 cm³/mol. The molecule has 2 atom stereocenters. The van der Waals surface area contributed by atoms with E-state index in [1.807, 2.05) is 0 Å². The summed E-state index contributed by atoms with van der Waals surface area (Å²) in [4.78, 5) is 0. The maximum Gasteiger partial charge on any atom is 0.126 e. The van der Waals surface area contributed by atoms with Crippen LogP contribution in [0.2, 0.25) is 5.02 Å². The first-order valence-electron chi connectivity index (χ1n) is 4.95. The number of benzene rings is 1. The zero-order valence-electron chi connectivity index (χ0n) is 9.27. The van der Waals surface area contributed by atoms with Crippen LogP contribution < -0.4 is 10.1 Å². The predicted octanol–water partition coefficient (Wildman–Crippen LogP) is 0.962. The third-order valence-electron chi connectivity index (χ3n) is 2.31. The SMILES string of the molecule is CNCC(O)C(O)c1c(Cl)cccc1OC. The maximum atomic E-state index is 9.96. The minimum Gasteiger partial charge on any atom is -0.496 e. The second kappa shape index (κ2) is 6.06. The Morgan fingerprint density at radius 3 is 2.69 bits per heavy atom. The maximum absolute atomic E-state index is 9.96. The van der Waals surface area contributed by atoms with Crippen LogP contribution in [0.4, 0.5) is 0 Å². The Bertz CT molecular complexity index is 346. The lowest BCUT2D eigenvalue weighted by molar-refractivity contribution is 0.0189. The molecule has 2 unspecified atom stereocenters. The number of aliphatic hydroxyl groups is 2. The van der Waals surface area contributed by atoms with Gasteiger partial charge < -0.3 is 20.3 Å². The molecule has 0 saturated heterocycles. The van der Waals surface area contributed by atoms with Gasteiger partial charge in [-0.25, -0.2) is 0 Å². The number of ether oxygens (including phenoxy) is 1. The van der Waals surface area contributed by atoms with Crippen LogP contribution in [0.3, 0.4) is 0 Å². The molecule has 4 nitrogen and oxygen atoms in total. The highest BCUT2D eigenvalue weighted by molar-refractivity contribution is 6.31. The smallest absolute Gasteiger partial charge is 0.126 e. The summed E-state index contributed by atoms with van der Waals surface area (Å²) in [5.41, 5.74) is 0.411. The lowest BCUT2D eigenvalue weighted by Gasteiger charge is -2.21. The molecule has 1 rings (SSSR count). The summed E-state index contributed by atoms with van der Waals surface area (Å²) in [5.74, 6) is 0.468. The van der Waals surface area contributed by atoms with Crippen molar-refractivity contribution in [1.82, 2.24) is 5.32 Å². The van der Waals surface area contributed by atoms with Crippen LogP contribution in [0, 0.1) is 0 Å². The van der Waals surface area contributed by atoms with Gasteiger partial charge in [-0.3, -0.25) is 0 Å². The molecule has 16 heavy (non-hydrogen) atoms. The highest BCUT2D eigenvalue weighted by atomic mass is 35.5. The first-order valence-corrected chi connectivity index (χ1v) is 5.32. The summed E-state index contributed by atoms with van der Waals surface area (Å²) in [6.45, 7) is 0.273. The number of rotatable bonds is 5. The molecule has 1 aromatic rings. The van der Waals surface area contributed by atoms with Crippen LogP contribution in [0.1, 0.15) is 11.7 Å². The van der Waals surface area contributed by atoms with Crippen LogP contribution in [0.25, 0.3) is 0 Å². The van der Waals surface area contributed by atoms with E-state index in [0.717, 1.165) is 0 Å². The van der Waals surface area contributed by atoms with Crippen LogP contribution in [0.15, 0.2) is 18.2 Å². The molecule has 3 N–H and O–H groups in total. The fourth-order valence-corrected chi connectivity index (χ4v) is 1.77. The molecule has 0 heterocycles. The topological polar surface area (TPSA) is 61.7 Å². The van der Waals surface area contributed by atoms with E-state index >= 15 is 0 Å². The second-order valence-electron chi connectivity index (χ2n) is 3.43. The summed E-state index contributed by atoms with van der Waals surface area (Å²) in [6, 6.07) is 5.06. The summed E-state index contributed by atoms with van der Waals surface area (Å²) in [5, 5.41) is 22.8. The first-order chi connectivity index (χ1) is 7.61. The van der Waals surface area contributed by atoms with E-state index in [0.29, 0.717) is 16.3 Å². The average molecular weight is 246 g/mol. The fourth-order valence-electron chi connectivity index (χ4n) is 1.50. The fraction of sp³-hybridized carbons (Fsp3) is 0.455. The van der Waals surface area contributed by atoms with Gasteiger partial charge in [0.25, 0.3) is 0 Å². The molecule has 0 aliphatic carbocycles. The zero-order valence-corrected chi connectivity index (χ0v) is 10.0. The zero-order chi connectivity index (χ0) is 12.1. The molecule has 90 valence electrons. The molecule has 0 aromatic heterocycles. The first kappa shape index (κ1) is 13.3. The monoisotopic (exact) mass is 245 g/mol. The van der Waals surface area contributed by atoms with Crippen molar-refractivity contribution in [2.24, 2.45) is 0 Å². The van der Waals surface area contributed by atoms with Crippen molar-refractivity contribution in [1.29, 1.82) is 0 Å². The number of nitrogens with one attached hydrogen (secondary N) is 1. The van der Waals surface area contributed by atoms with E-state index in [1.54, 1.807) is 25.2 Å². The van der Waals surface area contributed by atoms with Gasteiger partial charge >= 0.3 is 0 Å². The van der Waals surface area contributed by atoms with Gasteiger partial charge in [-0.2, -0.15) is 0 Å².